The lowest BCUT2D eigenvalue weighted by Crippen LogP contribution is -2.33. The van der Waals surface area contributed by atoms with Crippen LogP contribution in [0.1, 0.15) is 45.6 Å². The molecule has 1 amide bonds. The molecule has 2 unspecified atom stereocenters. The fraction of sp³-hybridized carbons (Fsp3) is 0.524. The minimum atomic E-state index is -0.410. The van der Waals surface area contributed by atoms with Crippen molar-refractivity contribution in [1.82, 2.24) is 4.90 Å². The van der Waals surface area contributed by atoms with Gasteiger partial charge in [-0.25, -0.2) is 0 Å². The highest BCUT2D eigenvalue weighted by molar-refractivity contribution is 6.06. The van der Waals surface area contributed by atoms with Gasteiger partial charge in [0.05, 0.1) is 0 Å². The number of aromatic hydroxyl groups is 1. The van der Waals surface area contributed by atoms with E-state index in [0.29, 0.717) is 17.1 Å². The molecule has 1 heterocycles. The van der Waals surface area contributed by atoms with Crippen LogP contribution in [0.15, 0.2) is 30.0 Å². The number of amides is 1. The molecular weight excluding hydrogens is 326 g/mol. The predicted molar refractivity (Wildman–Crippen MR) is 101 cm³/mol. The van der Waals surface area contributed by atoms with Crippen LogP contribution in [-0.2, 0) is 4.79 Å². The van der Waals surface area contributed by atoms with E-state index < -0.39 is 5.91 Å². The molecule has 5 heteroatoms. The first kappa shape index (κ1) is 18.3. The lowest BCUT2D eigenvalue weighted by molar-refractivity contribution is -0.112. The van der Waals surface area contributed by atoms with Gasteiger partial charge in [-0.3, -0.25) is 4.79 Å². The van der Waals surface area contributed by atoms with Crippen molar-refractivity contribution in [2.75, 3.05) is 11.9 Å². The van der Waals surface area contributed by atoms with Gasteiger partial charge in [0.2, 0.25) is 0 Å². The largest absolute Gasteiger partial charge is 0.508 e. The van der Waals surface area contributed by atoms with Crippen LogP contribution < -0.4 is 5.32 Å². The molecule has 26 heavy (non-hydrogen) atoms. The SMILES string of the molecule is Cc1cc(O)ccc1NC(=O)/C(C#N)=C\N1CC2(C)CC1CC(C)(C)C2. The summed E-state index contributed by atoms with van der Waals surface area (Å²) in [5, 5.41) is 21.8. The van der Waals surface area contributed by atoms with E-state index in [4.69, 9.17) is 0 Å². The minimum Gasteiger partial charge on any atom is -0.508 e. The number of phenolic OH excluding ortho intramolecular Hbond substituents is 1. The van der Waals surface area contributed by atoms with Crippen LogP contribution in [-0.4, -0.2) is 28.5 Å². The van der Waals surface area contributed by atoms with E-state index in [1.165, 1.54) is 12.5 Å². The monoisotopic (exact) mass is 353 g/mol. The number of benzene rings is 1. The number of carbonyl (C=O) groups is 1. The lowest BCUT2D eigenvalue weighted by Gasteiger charge is -2.39. The summed E-state index contributed by atoms with van der Waals surface area (Å²) in [4.78, 5) is 14.8. The van der Waals surface area contributed by atoms with Crippen molar-refractivity contribution in [3.8, 4) is 11.8 Å². The normalized spacial score (nSPS) is 27.1. The van der Waals surface area contributed by atoms with Crippen LogP contribution in [0.5, 0.6) is 5.75 Å². The molecule has 1 saturated heterocycles. The molecule has 1 aromatic carbocycles. The maximum atomic E-state index is 12.6. The molecule has 138 valence electrons. The highest BCUT2D eigenvalue weighted by Gasteiger charge is 2.48. The molecule has 1 saturated carbocycles. The molecule has 3 rings (SSSR count). The van der Waals surface area contributed by atoms with Gasteiger partial charge in [-0.1, -0.05) is 20.8 Å². The molecule has 0 aromatic heterocycles. The van der Waals surface area contributed by atoms with E-state index in [-0.39, 0.29) is 16.7 Å². The smallest absolute Gasteiger partial charge is 0.267 e. The highest BCUT2D eigenvalue weighted by Crippen LogP contribution is 2.52. The lowest BCUT2D eigenvalue weighted by atomic mass is 9.65. The number of hydrogen-bond donors (Lipinski definition) is 2. The second-order valence-electron chi connectivity index (χ2n) is 8.99. The van der Waals surface area contributed by atoms with Gasteiger partial charge in [0.25, 0.3) is 5.91 Å². The van der Waals surface area contributed by atoms with Gasteiger partial charge in [0, 0.05) is 24.5 Å². The van der Waals surface area contributed by atoms with E-state index in [1.807, 2.05) is 0 Å². The minimum absolute atomic E-state index is 0.117. The van der Waals surface area contributed by atoms with Crippen molar-refractivity contribution >= 4 is 11.6 Å². The fourth-order valence-electron chi connectivity index (χ4n) is 4.94. The third-order valence-corrected chi connectivity index (χ3v) is 5.57. The summed E-state index contributed by atoms with van der Waals surface area (Å²) in [7, 11) is 0. The summed E-state index contributed by atoms with van der Waals surface area (Å²) in [6, 6.07) is 7.18. The Morgan fingerprint density at radius 1 is 1.38 bits per heavy atom. The van der Waals surface area contributed by atoms with Crippen LogP contribution >= 0.6 is 0 Å². The van der Waals surface area contributed by atoms with Gasteiger partial charge < -0.3 is 15.3 Å². The summed E-state index contributed by atoms with van der Waals surface area (Å²) in [5.41, 5.74) is 2.00. The molecule has 2 atom stereocenters. The summed E-state index contributed by atoms with van der Waals surface area (Å²) < 4.78 is 0. The first-order chi connectivity index (χ1) is 12.1. The molecule has 2 bridgehead atoms. The molecule has 0 spiro atoms. The third-order valence-electron chi connectivity index (χ3n) is 5.57. The zero-order chi connectivity index (χ0) is 19.1. The number of aryl methyl sites for hydroxylation is 1. The first-order valence-corrected chi connectivity index (χ1v) is 9.09. The third kappa shape index (κ3) is 3.70. The Labute approximate surface area is 155 Å². The average molecular weight is 353 g/mol. The molecule has 2 aliphatic rings. The number of anilines is 1. The Morgan fingerprint density at radius 3 is 2.77 bits per heavy atom. The maximum Gasteiger partial charge on any atom is 0.267 e. The second kappa shape index (κ2) is 6.35. The molecule has 2 N–H and O–H groups in total. The van der Waals surface area contributed by atoms with Crippen LogP contribution in [0.2, 0.25) is 0 Å². The van der Waals surface area contributed by atoms with Crippen molar-refractivity contribution in [3.63, 3.8) is 0 Å². The van der Waals surface area contributed by atoms with Crippen LogP contribution in [0.25, 0.3) is 0 Å². The highest BCUT2D eigenvalue weighted by atomic mass is 16.3. The summed E-state index contributed by atoms with van der Waals surface area (Å²) in [6.45, 7) is 9.60. The Morgan fingerprint density at radius 2 is 2.12 bits per heavy atom. The number of hydrogen-bond acceptors (Lipinski definition) is 4. The van der Waals surface area contributed by atoms with Crippen molar-refractivity contribution in [2.45, 2.75) is 53.0 Å². The molecule has 1 aliphatic heterocycles. The van der Waals surface area contributed by atoms with E-state index in [1.54, 1.807) is 25.3 Å². The van der Waals surface area contributed by atoms with Crippen molar-refractivity contribution < 1.29 is 9.90 Å². The number of nitrogens with zero attached hydrogens (tertiary/aromatic N) is 2. The van der Waals surface area contributed by atoms with Crippen molar-refractivity contribution in [3.05, 3.63) is 35.5 Å². The van der Waals surface area contributed by atoms with Gasteiger partial charge in [-0.2, -0.15) is 5.26 Å². The van der Waals surface area contributed by atoms with E-state index in [2.05, 4.69) is 37.1 Å². The Balaban J connectivity index is 1.78. The summed E-state index contributed by atoms with van der Waals surface area (Å²) in [6.07, 6.45) is 5.10. The predicted octanol–water partition coefficient (Wildman–Crippen LogP) is 3.95. The first-order valence-electron chi connectivity index (χ1n) is 9.09. The van der Waals surface area contributed by atoms with Crippen LogP contribution in [0.4, 0.5) is 5.69 Å². The van der Waals surface area contributed by atoms with E-state index in [9.17, 15) is 15.2 Å². The van der Waals surface area contributed by atoms with E-state index in [0.717, 1.165) is 24.9 Å². The van der Waals surface area contributed by atoms with Gasteiger partial charge in [-0.05, 0) is 60.8 Å². The van der Waals surface area contributed by atoms with Gasteiger partial charge >= 0.3 is 0 Å². The fourth-order valence-corrected chi connectivity index (χ4v) is 4.94. The number of carbonyl (C=O) groups excluding carboxylic acids is 1. The topological polar surface area (TPSA) is 76.4 Å². The number of likely N-dealkylation sites (tertiary alicyclic amines) is 1. The van der Waals surface area contributed by atoms with Crippen LogP contribution in [0.3, 0.4) is 0 Å². The molecule has 1 aliphatic carbocycles. The number of fused-ring (bicyclic) bond motifs is 2. The standard InChI is InChI=1S/C21H27N3O2/c1-14-7-17(25)5-6-18(14)23-19(26)15(10-22)11-24-13-21(4)9-16(24)8-20(2,3)12-21/h5-7,11,16,25H,8-9,12-13H2,1-4H3,(H,23,26)/b15-11-. The quantitative estimate of drug-likeness (QED) is 0.490. The van der Waals surface area contributed by atoms with Gasteiger partial charge in [0.1, 0.15) is 17.4 Å². The summed E-state index contributed by atoms with van der Waals surface area (Å²) >= 11 is 0. The van der Waals surface area contributed by atoms with Crippen molar-refractivity contribution in [2.24, 2.45) is 10.8 Å². The van der Waals surface area contributed by atoms with E-state index >= 15 is 0 Å². The maximum absolute atomic E-state index is 12.6. The molecular formula is C21H27N3O2. The molecule has 2 fully saturated rings. The Hall–Kier alpha value is -2.48. The number of nitriles is 1. The van der Waals surface area contributed by atoms with Crippen molar-refractivity contribution in [1.29, 1.82) is 5.26 Å². The molecule has 5 nitrogen and oxygen atoms in total. The zero-order valence-corrected chi connectivity index (χ0v) is 16.0. The Bertz CT molecular complexity index is 806. The number of phenols is 1. The summed E-state index contributed by atoms with van der Waals surface area (Å²) in [5.74, 6) is -0.260. The van der Waals surface area contributed by atoms with Crippen LogP contribution in [0, 0.1) is 29.1 Å². The molecule has 1 aromatic rings. The van der Waals surface area contributed by atoms with Gasteiger partial charge in [-0.15, -0.1) is 0 Å². The molecule has 0 radical (unpaired) electrons. The second-order valence-corrected chi connectivity index (χ2v) is 8.99. The Kier molecular flexibility index (Phi) is 4.47. The number of nitrogens with one attached hydrogen (secondary N) is 1. The number of rotatable bonds is 3. The zero-order valence-electron chi connectivity index (χ0n) is 16.0. The average Bonchev–Trinajstić information content (AvgIpc) is 2.75. The van der Waals surface area contributed by atoms with Gasteiger partial charge in [0.15, 0.2) is 0 Å².